The lowest BCUT2D eigenvalue weighted by Crippen LogP contribution is -2.36. The number of likely N-dealkylation sites (tertiary alicyclic amines) is 2. The van der Waals surface area contributed by atoms with Crippen molar-refractivity contribution >= 4 is 5.91 Å². The Morgan fingerprint density at radius 2 is 1.76 bits per heavy atom. The summed E-state index contributed by atoms with van der Waals surface area (Å²) >= 11 is 0. The SMILES string of the molecule is O=C1C[C@H]2[C@H](CCN2Cc2cccc(F)c2F)N1Cc1ccccc1. The van der Waals surface area contributed by atoms with Crippen LogP contribution in [0.3, 0.4) is 0 Å². The van der Waals surface area contributed by atoms with Gasteiger partial charge in [0.25, 0.3) is 0 Å². The minimum Gasteiger partial charge on any atom is -0.334 e. The zero-order valence-electron chi connectivity index (χ0n) is 13.9. The first kappa shape index (κ1) is 16.2. The Hall–Kier alpha value is -2.27. The molecule has 0 unspecified atom stereocenters. The van der Waals surface area contributed by atoms with Gasteiger partial charge >= 0.3 is 0 Å². The average molecular weight is 342 g/mol. The second-order valence-electron chi connectivity index (χ2n) is 6.82. The molecule has 0 bridgehead atoms. The van der Waals surface area contributed by atoms with Crippen molar-refractivity contribution in [3.63, 3.8) is 0 Å². The van der Waals surface area contributed by atoms with Crippen molar-refractivity contribution in [1.82, 2.24) is 9.80 Å². The standard InChI is InChI=1S/C20H20F2N2O/c21-16-8-4-7-15(20(16)22)13-23-10-9-17-18(23)11-19(25)24(17)12-14-5-2-1-3-6-14/h1-8,17-18H,9-13H2/t17-,18-/m0/s1. The number of halogens is 2. The fourth-order valence-corrected chi connectivity index (χ4v) is 4.08. The van der Waals surface area contributed by atoms with Crippen LogP contribution >= 0.6 is 0 Å². The van der Waals surface area contributed by atoms with Crippen LogP contribution in [0.5, 0.6) is 0 Å². The number of carbonyl (C=O) groups excluding carboxylic acids is 1. The van der Waals surface area contributed by atoms with Crippen molar-refractivity contribution in [2.75, 3.05) is 6.54 Å². The summed E-state index contributed by atoms with van der Waals surface area (Å²) in [5.41, 5.74) is 1.47. The Morgan fingerprint density at radius 1 is 0.960 bits per heavy atom. The fourth-order valence-electron chi connectivity index (χ4n) is 4.08. The van der Waals surface area contributed by atoms with E-state index in [4.69, 9.17) is 0 Å². The predicted octanol–water partition coefficient (Wildman–Crippen LogP) is 3.34. The quantitative estimate of drug-likeness (QED) is 0.851. The number of hydrogen-bond acceptors (Lipinski definition) is 2. The van der Waals surface area contributed by atoms with Gasteiger partial charge in [0.2, 0.25) is 5.91 Å². The van der Waals surface area contributed by atoms with E-state index in [9.17, 15) is 13.6 Å². The van der Waals surface area contributed by atoms with Gasteiger partial charge < -0.3 is 4.90 Å². The Balaban J connectivity index is 1.49. The third-order valence-corrected chi connectivity index (χ3v) is 5.33. The van der Waals surface area contributed by atoms with Crippen molar-refractivity contribution in [3.8, 4) is 0 Å². The predicted molar refractivity (Wildman–Crippen MR) is 90.6 cm³/mol. The minimum absolute atomic E-state index is 0.0823. The van der Waals surface area contributed by atoms with E-state index >= 15 is 0 Å². The normalized spacial score (nSPS) is 23.3. The van der Waals surface area contributed by atoms with Crippen LogP contribution in [0.15, 0.2) is 48.5 Å². The van der Waals surface area contributed by atoms with Gasteiger partial charge in [-0.2, -0.15) is 0 Å². The van der Waals surface area contributed by atoms with Crippen LogP contribution in [0.25, 0.3) is 0 Å². The molecule has 0 aromatic heterocycles. The zero-order valence-corrected chi connectivity index (χ0v) is 13.9. The Labute approximate surface area is 145 Å². The Bertz CT molecular complexity index is 781. The van der Waals surface area contributed by atoms with Gasteiger partial charge in [0.05, 0.1) is 0 Å². The number of hydrogen-bond donors (Lipinski definition) is 0. The van der Waals surface area contributed by atoms with Crippen LogP contribution in [0.2, 0.25) is 0 Å². The van der Waals surface area contributed by atoms with E-state index in [1.807, 2.05) is 35.2 Å². The topological polar surface area (TPSA) is 23.6 Å². The molecule has 2 heterocycles. The van der Waals surface area contributed by atoms with E-state index in [2.05, 4.69) is 4.90 Å². The summed E-state index contributed by atoms with van der Waals surface area (Å²) in [7, 11) is 0. The fraction of sp³-hybridized carbons (Fsp3) is 0.350. The lowest BCUT2D eigenvalue weighted by molar-refractivity contribution is -0.129. The van der Waals surface area contributed by atoms with E-state index in [-0.39, 0.29) is 18.0 Å². The molecule has 0 spiro atoms. The lowest BCUT2D eigenvalue weighted by Gasteiger charge is -2.25. The second-order valence-corrected chi connectivity index (χ2v) is 6.82. The van der Waals surface area contributed by atoms with Crippen LogP contribution in [-0.2, 0) is 17.9 Å². The first-order chi connectivity index (χ1) is 12.1. The molecule has 2 aromatic carbocycles. The van der Waals surface area contributed by atoms with Crippen LogP contribution in [0.1, 0.15) is 24.0 Å². The summed E-state index contributed by atoms with van der Waals surface area (Å²) in [4.78, 5) is 16.5. The summed E-state index contributed by atoms with van der Waals surface area (Å²) in [6, 6.07) is 14.5. The van der Waals surface area contributed by atoms with Gasteiger partial charge in [-0.3, -0.25) is 9.69 Å². The second kappa shape index (κ2) is 6.56. The maximum absolute atomic E-state index is 14.0. The highest BCUT2D eigenvalue weighted by atomic mass is 19.2. The largest absolute Gasteiger partial charge is 0.334 e. The molecule has 2 aromatic rings. The average Bonchev–Trinajstić information content (AvgIpc) is 3.13. The molecule has 3 nitrogen and oxygen atoms in total. The van der Waals surface area contributed by atoms with Gasteiger partial charge in [-0.1, -0.05) is 42.5 Å². The van der Waals surface area contributed by atoms with E-state index in [0.717, 1.165) is 24.6 Å². The van der Waals surface area contributed by atoms with Crippen LogP contribution < -0.4 is 0 Å². The van der Waals surface area contributed by atoms with Gasteiger partial charge in [-0.25, -0.2) is 8.78 Å². The van der Waals surface area contributed by atoms with E-state index in [1.165, 1.54) is 6.07 Å². The van der Waals surface area contributed by atoms with E-state index < -0.39 is 11.6 Å². The van der Waals surface area contributed by atoms with E-state index in [1.54, 1.807) is 6.07 Å². The Kier molecular flexibility index (Phi) is 4.25. The van der Waals surface area contributed by atoms with Gasteiger partial charge in [-0.15, -0.1) is 0 Å². The van der Waals surface area contributed by atoms with Crippen molar-refractivity contribution in [2.24, 2.45) is 0 Å². The minimum atomic E-state index is -0.818. The van der Waals surface area contributed by atoms with Crippen molar-refractivity contribution < 1.29 is 13.6 Å². The number of amides is 1. The molecule has 2 fully saturated rings. The van der Waals surface area contributed by atoms with E-state index in [0.29, 0.717) is 25.1 Å². The third-order valence-electron chi connectivity index (χ3n) is 5.33. The van der Waals surface area contributed by atoms with Gasteiger partial charge in [0.15, 0.2) is 11.6 Å². The molecule has 0 radical (unpaired) electrons. The molecule has 5 heteroatoms. The number of carbonyl (C=O) groups is 1. The van der Waals surface area contributed by atoms with Crippen molar-refractivity contribution in [1.29, 1.82) is 0 Å². The molecule has 25 heavy (non-hydrogen) atoms. The van der Waals surface area contributed by atoms with Gasteiger partial charge in [-0.05, 0) is 18.1 Å². The molecule has 0 saturated carbocycles. The molecule has 1 amide bonds. The maximum Gasteiger partial charge on any atom is 0.224 e. The van der Waals surface area contributed by atoms with Crippen molar-refractivity contribution in [3.05, 3.63) is 71.3 Å². The van der Waals surface area contributed by atoms with Crippen LogP contribution in [0.4, 0.5) is 8.78 Å². The monoisotopic (exact) mass is 342 g/mol. The first-order valence-corrected chi connectivity index (χ1v) is 8.64. The maximum atomic E-state index is 14.0. The summed E-state index contributed by atoms with van der Waals surface area (Å²) in [6.07, 6.45) is 1.33. The summed E-state index contributed by atoms with van der Waals surface area (Å²) < 4.78 is 27.4. The highest BCUT2D eigenvalue weighted by molar-refractivity contribution is 5.80. The molecule has 2 aliphatic rings. The highest BCUT2D eigenvalue weighted by Crippen LogP contribution is 2.34. The first-order valence-electron chi connectivity index (χ1n) is 8.64. The molecule has 0 aliphatic carbocycles. The zero-order chi connectivity index (χ0) is 17.4. The molecular formula is C20H20F2N2O. The third kappa shape index (κ3) is 3.04. The van der Waals surface area contributed by atoms with Gasteiger partial charge in [0.1, 0.15) is 0 Å². The molecular weight excluding hydrogens is 322 g/mol. The Morgan fingerprint density at radius 3 is 2.56 bits per heavy atom. The molecule has 2 aliphatic heterocycles. The molecule has 4 rings (SSSR count). The summed E-state index contributed by atoms with van der Waals surface area (Å²) in [6.45, 7) is 1.75. The number of benzene rings is 2. The van der Waals surface area contributed by atoms with Crippen LogP contribution in [-0.4, -0.2) is 34.3 Å². The number of rotatable bonds is 4. The molecule has 130 valence electrons. The summed E-state index contributed by atoms with van der Waals surface area (Å²) in [5.74, 6) is -1.46. The summed E-state index contributed by atoms with van der Waals surface area (Å²) in [5, 5.41) is 0. The van der Waals surface area contributed by atoms with Crippen molar-refractivity contribution in [2.45, 2.75) is 38.0 Å². The molecule has 0 N–H and O–H groups in total. The number of fused-ring (bicyclic) bond motifs is 1. The van der Waals surface area contributed by atoms with Crippen LogP contribution in [0, 0.1) is 11.6 Å². The molecule has 2 saturated heterocycles. The lowest BCUT2D eigenvalue weighted by atomic mass is 10.1. The smallest absolute Gasteiger partial charge is 0.224 e. The number of nitrogens with zero attached hydrogens (tertiary/aromatic N) is 2. The van der Waals surface area contributed by atoms with Gasteiger partial charge in [0, 0.05) is 43.7 Å². The molecule has 2 atom stereocenters. The highest BCUT2D eigenvalue weighted by Gasteiger charge is 2.46.